The molecule has 0 saturated carbocycles. The van der Waals surface area contributed by atoms with Crippen LogP contribution in [-0.4, -0.2) is 98.9 Å². The quantitative estimate of drug-likeness (QED) is 0.508. The Balaban J connectivity index is 1.33. The molecule has 3 rings (SSSR count). The number of β-amino-alcohol motifs (C(OH)–C–C–N with tert-alkyl or cyclic N) is 2. The highest BCUT2D eigenvalue weighted by molar-refractivity contribution is 5.40. The summed E-state index contributed by atoms with van der Waals surface area (Å²) in [5.74, 6) is 2.56. The van der Waals surface area contributed by atoms with Crippen LogP contribution in [0, 0.1) is 0 Å². The fraction of sp³-hybridized carbons (Fsp3) is 0.500. The number of para-hydroxylation sites is 4. The van der Waals surface area contributed by atoms with Crippen LogP contribution in [0.25, 0.3) is 0 Å². The maximum atomic E-state index is 10.4. The van der Waals surface area contributed by atoms with Crippen molar-refractivity contribution < 1.29 is 29.2 Å². The highest BCUT2D eigenvalue weighted by atomic mass is 16.5. The second-order valence-corrected chi connectivity index (χ2v) is 7.83. The van der Waals surface area contributed by atoms with Gasteiger partial charge in [-0.25, -0.2) is 0 Å². The SMILES string of the molecule is COc1ccccc1OC[C@@H](O)CN1CCN(C[C@@H](O)COc2ccccc2OC)CC1. The van der Waals surface area contributed by atoms with Crippen molar-refractivity contribution >= 4 is 0 Å². The summed E-state index contributed by atoms with van der Waals surface area (Å²) in [4.78, 5) is 4.43. The molecule has 1 aliphatic rings. The first-order valence-corrected chi connectivity index (χ1v) is 10.9. The third kappa shape index (κ3) is 7.27. The number of nitrogens with zero attached hydrogens (tertiary/aromatic N) is 2. The van der Waals surface area contributed by atoms with E-state index in [2.05, 4.69) is 9.80 Å². The number of hydrogen-bond donors (Lipinski definition) is 2. The molecule has 0 bridgehead atoms. The predicted molar refractivity (Wildman–Crippen MR) is 122 cm³/mol. The summed E-state index contributed by atoms with van der Waals surface area (Å²) in [6.45, 7) is 4.80. The van der Waals surface area contributed by atoms with Crippen molar-refractivity contribution in [2.24, 2.45) is 0 Å². The molecule has 0 aromatic heterocycles. The summed E-state index contributed by atoms with van der Waals surface area (Å²) in [7, 11) is 3.19. The third-order valence-electron chi connectivity index (χ3n) is 5.40. The molecule has 0 unspecified atom stereocenters. The first-order chi connectivity index (χ1) is 15.6. The van der Waals surface area contributed by atoms with Crippen LogP contribution >= 0.6 is 0 Å². The molecular formula is C24H34N2O6. The summed E-state index contributed by atoms with van der Waals surface area (Å²) in [5, 5.41) is 20.7. The van der Waals surface area contributed by atoms with Crippen LogP contribution in [0.4, 0.5) is 0 Å². The number of methoxy groups -OCH3 is 2. The number of aliphatic hydroxyl groups is 2. The molecule has 0 amide bonds. The Morgan fingerprint density at radius 2 is 1.00 bits per heavy atom. The van der Waals surface area contributed by atoms with E-state index in [9.17, 15) is 10.2 Å². The van der Waals surface area contributed by atoms with Crippen molar-refractivity contribution in [3.8, 4) is 23.0 Å². The molecular weight excluding hydrogens is 412 g/mol. The van der Waals surface area contributed by atoms with Crippen molar-refractivity contribution in [3.05, 3.63) is 48.5 Å². The minimum absolute atomic E-state index is 0.208. The van der Waals surface area contributed by atoms with Crippen LogP contribution in [0.1, 0.15) is 0 Å². The maximum absolute atomic E-state index is 10.4. The molecule has 0 spiro atoms. The lowest BCUT2D eigenvalue weighted by molar-refractivity contribution is 0.0236. The second-order valence-electron chi connectivity index (χ2n) is 7.83. The molecule has 2 atom stereocenters. The second kappa shape index (κ2) is 12.5. The topological polar surface area (TPSA) is 83.9 Å². The van der Waals surface area contributed by atoms with Gasteiger partial charge in [0.2, 0.25) is 0 Å². The summed E-state index contributed by atoms with van der Waals surface area (Å²) in [6, 6.07) is 14.8. The van der Waals surface area contributed by atoms with E-state index in [0.29, 0.717) is 36.1 Å². The van der Waals surface area contributed by atoms with E-state index in [4.69, 9.17) is 18.9 Å². The lowest BCUT2D eigenvalue weighted by Gasteiger charge is -2.36. The van der Waals surface area contributed by atoms with E-state index in [1.807, 2.05) is 48.5 Å². The zero-order valence-electron chi connectivity index (χ0n) is 18.9. The van der Waals surface area contributed by atoms with E-state index in [-0.39, 0.29) is 13.2 Å². The van der Waals surface area contributed by atoms with Gasteiger partial charge in [0.1, 0.15) is 25.4 Å². The number of hydrogen-bond acceptors (Lipinski definition) is 8. The molecule has 1 heterocycles. The Bertz CT molecular complexity index is 745. The molecule has 32 heavy (non-hydrogen) atoms. The molecule has 1 aliphatic heterocycles. The van der Waals surface area contributed by atoms with Gasteiger partial charge in [-0.2, -0.15) is 0 Å². The van der Waals surface area contributed by atoms with Gasteiger partial charge in [0, 0.05) is 39.3 Å². The van der Waals surface area contributed by atoms with E-state index in [0.717, 1.165) is 26.2 Å². The van der Waals surface area contributed by atoms with Gasteiger partial charge >= 0.3 is 0 Å². The summed E-state index contributed by atoms with van der Waals surface area (Å²) in [6.07, 6.45) is -1.18. The Morgan fingerprint density at radius 3 is 1.34 bits per heavy atom. The zero-order valence-corrected chi connectivity index (χ0v) is 18.9. The van der Waals surface area contributed by atoms with Crippen LogP contribution in [-0.2, 0) is 0 Å². The van der Waals surface area contributed by atoms with Crippen LogP contribution in [0.5, 0.6) is 23.0 Å². The smallest absolute Gasteiger partial charge is 0.161 e. The highest BCUT2D eigenvalue weighted by Gasteiger charge is 2.22. The predicted octanol–water partition coefficient (Wildman–Crippen LogP) is 1.50. The van der Waals surface area contributed by atoms with Gasteiger partial charge in [0.25, 0.3) is 0 Å². The molecule has 2 aromatic carbocycles. The molecule has 1 saturated heterocycles. The minimum atomic E-state index is -0.591. The molecule has 2 N–H and O–H groups in total. The molecule has 0 aliphatic carbocycles. The Hall–Kier alpha value is -2.52. The fourth-order valence-corrected chi connectivity index (χ4v) is 3.70. The van der Waals surface area contributed by atoms with E-state index >= 15 is 0 Å². The number of benzene rings is 2. The van der Waals surface area contributed by atoms with Crippen molar-refractivity contribution in [1.82, 2.24) is 9.80 Å². The van der Waals surface area contributed by atoms with Crippen molar-refractivity contribution in [3.63, 3.8) is 0 Å². The third-order valence-corrected chi connectivity index (χ3v) is 5.40. The number of piperazine rings is 1. The van der Waals surface area contributed by atoms with Crippen molar-refractivity contribution in [1.29, 1.82) is 0 Å². The lowest BCUT2D eigenvalue weighted by atomic mass is 10.2. The first-order valence-electron chi connectivity index (χ1n) is 10.9. The number of ether oxygens (including phenoxy) is 4. The molecule has 2 aromatic rings. The normalized spacial score (nSPS) is 16.9. The van der Waals surface area contributed by atoms with Gasteiger partial charge in [-0.3, -0.25) is 9.80 Å². The van der Waals surface area contributed by atoms with Gasteiger partial charge in [0.05, 0.1) is 14.2 Å². The fourth-order valence-electron chi connectivity index (χ4n) is 3.70. The molecule has 176 valence electrons. The highest BCUT2D eigenvalue weighted by Crippen LogP contribution is 2.26. The largest absolute Gasteiger partial charge is 0.493 e. The Morgan fingerprint density at radius 1 is 0.656 bits per heavy atom. The zero-order chi connectivity index (χ0) is 22.8. The van der Waals surface area contributed by atoms with Gasteiger partial charge in [-0.05, 0) is 24.3 Å². The molecule has 1 fully saturated rings. The Labute approximate surface area is 189 Å². The standard InChI is InChI=1S/C24H34N2O6/c1-29-21-7-3-5-9-23(21)31-17-19(27)15-25-11-13-26(14-12-25)16-20(28)18-32-24-10-6-4-8-22(24)30-2/h3-10,19-20,27-28H,11-18H2,1-2H3/t19-,20+. The van der Waals surface area contributed by atoms with Crippen LogP contribution in [0.3, 0.4) is 0 Å². The minimum Gasteiger partial charge on any atom is -0.493 e. The van der Waals surface area contributed by atoms with Gasteiger partial charge in [-0.15, -0.1) is 0 Å². The summed E-state index contributed by atoms with van der Waals surface area (Å²) in [5.41, 5.74) is 0. The van der Waals surface area contributed by atoms with Gasteiger partial charge in [0.15, 0.2) is 23.0 Å². The monoisotopic (exact) mass is 446 g/mol. The van der Waals surface area contributed by atoms with Gasteiger partial charge in [-0.1, -0.05) is 24.3 Å². The lowest BCUT2D eigenvalue weighted by Crippen LogP contribution is -2.51. The average Bonchev–Trinajstić information content (AvgIpc) is 2.83. The van der Waals surface area contributed by atoms with Crippen molar-refractivity contribution in [2.75, 3.05) is 66.7 Å². The van der Waals surface area contributed by atoms with E-state index in [1.54, 1.807) is 14.2 Å². The van der Waals surface area contributed by atoms with E-state index in [1.165, 1.54) is 0 Å². The molecule has 8 heteroatoms. The summed E-state index contributed by atoms with van der Waals surface area (Å²) < 4.78 is 22.0. The van der Waals surface area contributed by atoms with Crippen LogP contribution in [0.2, 0.25) is 0 Å². The van der Waals surface area contributed by atoms with Crippen molar-refractivity contribution in [2.45, 2.75) is 12.2 Å². The Kier molecular flexibility index (Phi) is 9.43. The van der Waals surface area contributed by atoms with Gasteiger partial charge < -0.3 is 29.2 Å². The van der Waals surface area contributed by atoms with Crippen LogP contribution < -0.4 is 18.9 Å². The molecule has 0 radical (unpaired) electrons. The van der Waals surface area contributed by atoms with E-state index < -0.39 is 12.2 Å². The first kappa shape index (κ1) is 24.1. The van der Waals surface area contributed by atoms with Crippen LogP contribution in [0.15, 0.2) is 48.5 Å². The summed E-state index contributed by atoms with van der Waals surface area (Å²) >= 11 is 0. The number of aliphatic hydroxyl groups excluding tert-OH is 2. The molecule has 8 nitrogen and oxygen atoms in total. The maximum Gasteiger partial charge on any atom is 0.161 e. The number of rotatable bonds is 12. The average molecular weight is 447 g/mol.